The van der Waals surface area contributed by atoms with Crippen LogP contribution in [0.15, 0.2) is 144 Å². The predicted octanol–water partition coefficient (Wildman–Crippen LogP) is 12.4. The van der Waals surface area contributed by atoms with Gasteiger partial charge in [0, 0.05) is 44.1 Å². The van der Waals surface area contributed by atoms with Gasteiger partial charge in [-0.2, -0.15) is 0 Å². The molecule has 9 aromatic rings. The van der Waals surface area contributed by atoms with Crippen molar-refractivity contribution in [3.8, 4) is 22.3 Å². The Morgan fingerprint density at radius 3 is 1.98 bits per heavy atom. The molecule has 0 atom stereocenters. The van der Waals surface area contributed by atoms with E-state index in [9.17, 15) is 0 Å². The molecule has 2 aliphatic heterocycles. The van der Waals surface area contributed by atoms with Gasteiger partial charge in [-0.15, -0.1) is 0 Å². The summed E-state index contributed by atoms with van der Waals surface area (Å²) in [5.41, 5.74) is 18.1. The van der Waals surface area contributed by atoms with Crippen molar-refractivity contribution in [2.75, 3.05) is 4.90 Å². The Morgan fingerprint density at radius 2 is 1.22 bits per heavy atom. The van der Waals surface area contributed by atoms with E-state index >= 15 is 0 Å². The molecule has 0 amide bonds. The summed E-state index contributed by atoms with van der Waals surface area (Å²) in [5, 5.41) is 4.88. The molecule has 4 heterocycles. The maximum absolute atomic E-state index is 6.83. The molecule has 0 aliphatic carbocycles. The van der Waals surface area contributed by atoms with E-state index < -0.39 is 0 Å². The van der Waals surface area contributed by atoms with E-state index in [2.05, 4.69) is 190 Å². The molecule has 0 radical (unpaired) electrons. The fraction of sp³-hybridized carbons (Fsp3) is 0.160. The second-order valence-electron chi connectivity index (χ2n) is 17.4. The Bertz CT molecular complexity index is 2990. The number of benzene rings is 7. The first-order valence-corrected chi connectivity index (χ1v) is 19.2. The Morgan fingerprint density at radius 1 is 0.537 bits per heavy atom. The van der Waals surface area contributed by atoms with Crippen molar-refractivity contribution in [1.29, 1.82) is 0 Å². The van der Waals surface area contributed by atoms with Crippen molar-refractivity contribution < 1.29 is 4.42 Å². The van der Waals surface area contributed by atoms with Gasteiger partial charge in [0.05, 0.1) is 11.1 Å². The number of para-hydroxylation sites is 3. The van der Waals surface area contributed by atoms with Crippen molar-refractivity contribution in [1.82, 2.24) is 4.48 Å². The van der Waals surface area contributed by atoms with Crippen molar-refractivity contribution in [3.05, 3.63) is 151 Å². The van der Waals surface area contributed by atoms with Crippen molar-refractivity contribution in [3.63, 3.8) is 0 Å². The second-order valence-corrected chi connectivity index (χ2v) is 17.4. The van der Waals surface area contributed by atoms with Crippen molar-refractivity contribution in [2.45, 2.75) is 52.4 Å². The Balaban J connectivity index is 1.36. The highest BCUT2D eigenvalue weighted by Crippen LogP contribution is 2.51. The lowest BCUT2D eigenvalue weighted by Gasteiger charge is -2.41. The van der Waals surface area contributed by atoms with Crippen LogP contribution in [0, 0.1) is 0 Å². The number of fused-ring (bicyclic) bond motifs is 11. The van der Waals surface area contributed by atoms with E-state index in [1.54, 1.807) is 0 Å². The molecule has 2 aromatic heterocycles. The van der Waals surface area contributed by atoms with Crippen LogP contribution >= 0.6 is 0 Å². The van der Waals surface area contributed by atoms with E-state index in [0.29, 0.717) is 0 Å². The van der Waals surface area contributed by atoms with Gasteiger partial charge in [0.1, 0.15) is 11.2 Å². The van der Waals surface area contributed by atoms with Gasteiger partial charge in [0.25, 0.3) is 0 Å². The molecule has 260 valence electrons. The number of hydrogen-bond acceptors (Lipinski definition) is 2. The lowest BCUT2D eigenvalue weighted by molar-refractivity contribution is 0.569. The van der Waals surface area contributed by atoms with E-state index in [4.69, 9.17) is 4.42 Å². The third kappa shape index (κ3) is 4.31. The zero-order valence-electron chi connectivity index (χ0n) is 31.7. The number of nitrogens with zero attached hydrogens (tertiary/aromatic N) is 2. The number of aromatic nitrogens is 1. The molecule has 11 rings (SSSR count). The standard InChI is InChI=1S/C50H41BN2O/c1-49(2,3)32-26-33(50(4,5)6)28-34(27-32)52-42-24-23-31(30-15-8-7-9-16-30)25-40(42)51-46-39(29-44-45(48(46)52)38-18-11-13-22-43(38)54-44)37-20-14-19-36-35-17-10-12-21-41(35)53(51)47(36)37/h7-29H,1-6H3. The predicted molar refractivity (Wildman–Crippen MR) is 230 cm³/mol. The number of rotatable bonds is 2. The fourth-order valence-corrected chi connectivity index (χ4v) is 9.36. The molecule has 0 fully saturated rings. The molecule has 0 N–H and O–H groups in total. The average Bonchev–Trinajstić information content (AvgIpc) is 3.72. The first-order chi connectivity index (χ1) is 26.1. The number of furan rings is 1. The van der Waals surface area contributed by atoms with Crippen LogP contribution in [0.1, 0.15) is 52.7 Å². The monoisotopic (exact) mass is 696 g/mol. The van der Waals surface area contributed by atoms with E-state index in [1.165, 1.54) is 83.2 Å². The average molecular weight is 697 g/mol. The van der Waals surface area contributed by atoms with Crippen LogP contribution in [0.25, 0.3) is 66.0 Å². The van der Waals surface area contributed by atoms with Crippen LogP contribution in [0.4, 0.5) is 17.1 Å². The molecule has 2 aliphatic rings. The summed E-state index contributed by atoms with van der Waals surface area (Å²) in [7, 11) is 0. The van der Waals surface area contributed by atoms with Gasteiger partial charge < -0.3 is 13.8 Å². The van der Waals surface area contributed by atoms with Crippen LogP contribution in [0.2, 0.25) is 0 Å². The van der Waals surface area contributed by atoms with Crippen LogP contribution in [-0.4, -0.2) is 11.3 Å². The van der Waals surface area contributed by atoms with Gasteiger partial charge in [-0.3, -0.25) is 0 Å². The minimum absolute atomic E-state index is 0.0449. The fourth-order valence-electron chi connectivity index (χ4n) is 9.36. The summed E-state index contributed by atoms with van der Waals surface area (Å²) in [6.45, 7) is 13.9. The van der Waals surface area contributed by atoms with Crippen LogP contribution < -0.4 is 15.8 Å². The van der Waals surface area contributed by atoms with E-state index in [0.717, 1.165) is 21.9 Å². The summed E-state index contributed by atoms with van der Waals surface area (Å²) < 4.78 is 9.48. The molecule has 0 spiro atoms. The molecule has 7 aromatic carbocycles. The normalized spacial score (nSPS) is 13.7. The van der Waals surface area contributed by atoms with Crippen LogP contribution in [0.3, 0.4) is 0 Å². The van der Waals surface area contributed by atoms with Gasteiger partial charge in [-0.05, 0) is 86.0 Å². The molecule has 0 bridgehead atoms. The Labute approximate surface area is 316 Å². The topological polar surface area (TPSA) is 21.3 Å². The Kier molecular flexibility index (Phi) is 6.30. The van der Waals surface area contributed by atoms with Gasteiger partial charge in [0.15, 0.2) is 0 Å². The summed E-state index contributed by atoms with van der Waals surface area (Å²) >= 11 is 0. The van der Waals surface area contributed by atoms with Gasteiger partial charge in [0.2, 0.25) is 0 Å². The molecule has 3 nitrogen and oxygen atoms in total. The zero-order chi connectivity index (χ0) is 36.7. The highest BCUT2D eigenvalue weighted by atomic mass is 16.3. The summed E-state index contributed by atoms with van der Waals surface area (Å²) in [6.07, 6.45) is 0. The van der Waals surface area contributed by atoms with Crippen molar-refractivity contribution >= 4 is 78.6 Å². The summed E-state index contributed by atoms with van der Waals surface area (Å²) in [4.78, 5) is 2.59. The molecular formula is C50H41BN2O. The lowest BCUT2D eigenvalue weighted by atomic mass is 9.44. The first-order valence-electron chi connectivity index (χ1n) is 19.2. The minimum Gasteiger partial charge on any atom is -0.456 e. The van der Waals surface area contributed by atoms with E-state index in [-0.39, 0.29) is 17.7 Å². The Hall–Kier alpha value is -6.00. The largest absolute Gasteiger partial charge is 0.456 e. The highest BCUT2D eigenvalue weighted by molar-refractivity contribution is 6.90. The van der Waals surface area contributed by atoms with Crippen LogP contribution in [-0.2, 0) is 10.8 Å². The molecular weight excluding hydrogens is 655 g/mol. The van der Waals surface area contributed by atoms with E-state index in [1.807, 2.05) is 0 Å². The van der Waals surface area contributed by atoms with Gasteiger partial charge in [-0.1, -0.05) is 145 Å². The smallest absolute Gasteiger partial charge is 0.333 e. The molecule has 54 heavy (non-hydrogen) atoms. The lowest BCUT2D eigenvalue weighted by Crippen LogP contribution is -2.56. The maximum Gasteiger partial charge on any atom is 0.333 e. The third-order valence-electron chi connectivity index (χ3n) is 12.0. The minimum atomic E-state index is -0.0619. The number of anilines is 3. The summed E-state index contributed by atoms with van der Waals surface area (Å²) in [6, 6.07) is 52.0. The highest BCUT2D eigenvalue weighted by Gasteiger charge is 2.44. The molecule has 0 saturated heterocycles. The van der Waals surface area contributed by atoms with Crippen molar-refractivity contribution in [2.24, 2.45) is 0 Å². The van der Waals surface area contributed by atoms with Gasteiger partial charge in [-0.25, -0.2) is 0 Å². The quantitative estimate of drug-likeness (QED) is 0.168. The first kappa shape index (κ1) is 31.5. The van der Waals surface area contributed by atoms with Gasteiger partial charge >= 0.3 is 6.85 Å². The third-order valence-corrected chi connectivity index (χ3v) is 12.0. The molecule has 0 saturated carbocycles. The number of hydrogen-bond donors (Lipinski definition) is 0. The second kappa shape index (κ2) is 10.8. The SMILES string of the molecule is CC(C)(C)c1cc(N2c3ccc(-c4ccccc4)cc3B3c4c(cc5oc6ccccc6c5c42)-c2cccc4c5ccccc5n3c24)cc(C(C)(C)C)c1. The molecule has 4 heteroatoms. The molecule has 0 unspecified atom stereocenters. The zero-order valence-corrected chi connectivity index (χ0v) is 31.7. The van der Waals surface area contributed by atoms with Crippen LogP contribution in [0.5, 0.6) is 0 Å². The summed E-state index contributed by atoms with van der Waals surface area (Å²) in [5.74, 6) is 0. The maximum atomic E-state index is 6.83.